The van der Waals surface area contributed by atoms with E-state index in [4.69, 9.17) is 5.73 Å². The lowest BCUT2D eigenvalue weighted by atomic mass is 9.98. The Hall–Kier alpha value is -0.870. The van der Waals surface area contributed by atoms with Gasteiger partial charge in [0.1, 0.15) is 0 Å². The van der Waals surface area contributed by atoms with Crippen LogP contribution >= 0.6 is 15.9 Å². The largest absolute Gasteiger partial charge is 0.325 e. The fourth-order valence-electron chi connectivity index (χ4n) is 1.48. The van der Waals surface area contributed by atoms with Crippen molar-refractivity contribution in [2.24, 2.45) is 5.73 Å². The second-order valence-corrected chi connectivity index (χ2v) is 3.92. The van der Waals surface area contributed by atoms with Crippen molar-refractivity contribution in [1.29, 1.82) is 0 Å². The van der Waals surface area contributed by atoms with Gasteiger partial charge < -0.3 is 11.1 Å². The molecule has 0 spiro atoms. The van der Waals surface area contributed by atoms with Crippen LogP contribution in [0.4, 0.5) is 5.69 Å². The number of amides is 1. The van der Waals surface area contributed by atoms with Crippen LogP contribution in [0.15, 0.2) is 22.7 Å². The molecule has 3 N–H and O–H groups in total. The van der Waals surface area contributed by atoms with Crippen molar-refractivity contribution in [2.75, 3.05) is 5.32 Å². The van der Waals surface area contributed by atoms with Gasteiger partial charge in [0.25, 0.3) is 0 Å². The molecule has 1 heterocycles. The first-order valence-corrected chi connectivity index (χ1v) is 4.81. The highest BCUT2D eigenvalue weighted by Crippen LogP contribution is 2.34. The molecule has 1 atom stereocenters. The summed E-state index contributed by atoms with van der Waals surface area (Å²) in [5.41, 5.74) is 7.63. The topological polar surface area (TPSA) is 55.1 Å². The third kappa shape index (κ3) is 1.47. The second-order valence-electron chi connectivity index (χ2n) is 3.06. The van der Waals surface area contributed by atoms with E-state index in [0.29, 0.717) is 6.42 Å². The minimum absolute atomic E-state index is 0.0214. The minimum atomic E-state index is -0.179. The highest BCUT2D eigenvalue weighted by molar-refractivity contribution is 9.10. The van der Waals surface area contributed by atoms with Crippen LogP contribution in [-0.4, -0.2) is 5.91 Å². The van der Waals surface area contributed by atoms with Crippen LogP contribution in [0, 0.1) is 0 Å². The molecule has 0 bridgehead atoms. The second kappa shape index (κ2) is 3.12. The molecule has 0 saturated carbocycles. The summed E-state index contributed by atoms with van der Waals surface area (Å²) in [6, 6.07) is 5.56. The van der Waals surface area contributed by atoms with Gasteiger partial charge in [-0.2, -0.15) is 0 Å². The number of hydrogen-bond donors (Lipinski definition) is 2. The van der Waals surface area contributed by atoms with Gasteiger partial charge in [0, 0.05) is 16.9 Å². The van der Waals surface area contributed by atoms with Crippen molar-refractivity contribution in [1.82, 2.24) is 0 Å². The molecule has 1 aromatic rings. The van der Waals surface area contributed by atoms with Gasteiger partial charge in [-0.05, 0) is 27.6 Å². The number of carbonyl (C=O) groups is 1. The molecule has 3 nitrogen and oxygen atoms in total. The first kappa shape index (κ1) is 8.72. The number of anilines is 1. The Balaban J connectivity index is 2.54. The maximum absolute atomic E-state index is 11.2. The lowest BCUT2D eigenvalue weighted by Gasteiger charge is -2.23. The van der Waals surface area contributed by atoms with Gasteiger partial charge in [0.05, 0.1) is 5.69 Å². The van der Waals surface area contributed by atoms with Crippen LogP contribution < -0.4 is 11.1 Å². The lowest BCUT2D eigenvalue weighted by Crippen LogP contribution is -2.27. The number of benzene rings is 1. The van der Waals surface area contributed by atoms with Gasteiger partial charge in [-0.1, -0.05) is 12.1 Å². The molecule has 13 heavy (non-hydrogen) atoms. The summed E-state index contributed by atoms with van der Waals surface area (Å²) >= 11 is 3.37. The summed E-state index contributed by atoms with van der Waals surface area (Å²) in [6.45, 7) is 0. The number of hydrogen-bond acceptors (Lipinski definition) is 2. The molecule has 0 fully saturated rings. The van der Waals surface area contributed by atoms with E-state index in [1.807, 2.05) is 18.2 Å². The highest BCUT2D eigenvalue weighted by Gasteiger charge is 2.22. The average Bonchev–Trinajstić information content (AvgIpc) is 2.07. The van der Waals surface area contributed by atoms with E-state index in [-0.39, 0.29) is 11.9 Å². The molecule has 2 rings (SSSR count). The van der Waals surface area contributed by atoms with Crippen molar-refractivity contribution in [3.8, 4) is 0 Å². The third-order valence-corrected chi connectivity index (χ3v) is 2.78. The zero-order valence-corrected chi connectivity index (χ0v) is 8.47. The Morgan fingerprint density at radius 1 is 1.54 bits per heavy atom. The molecule has 4 heteroatoms. The van der Waals surface area contributed by atoms with Gasteiger partial charge in [0.15, 0.2) is 0 Å². The fraction of sp³-hybridized carbons (Fsp3) is 0.222. The Morgan fingerprint density at radius 3 is 3.08 bits per heavy atom. The van der Waals surface area contributed by atoms with Crippen LogP contribution in [0.25, 0.3) is 0 Å². The summed E-state index contributed by atoms with van der Waals surface area (Å²) in [4.78, 5) is 11.2. The number of fused-ring (bicyclic) bond motifs is 1. The van der Waals surface area contributed by atoms with Crippen molar-refractivity contribution in [3.05, 3.63) is 28.2 Å². The molecule has 0 saturated heterocycles. The average molecular weight is 241 g/mol. The summed E-state index contributed by atoms with van der Waals surface area (Å²) < 4.78 is 0.883. The maximum atomic E-state index is 11.2. The Labute approximate surface area is 84.4 Å². The Morgan fingerprint density at radius 2 is 2.31 bits per heavy atom. The van der Waals surface area contributed by atoms with Gasteiger partial charge >= 0.3 is 0 Å². The summed E-state index contributed by atoms with van der Waals surface area (Å²) in [5.74, 6) is -0.0214. The van der Waals surface area contributed by atoms with Gasteiger partial charge in [0.2, 0.25) is 5.91 Å². The number of halogens is 1. The highest BCUT2D eigenvalue weighted by atomic mass is 79.9. The number of rotatable bonds is 0. The van der Waals surface area contributed by atoms with Crippen LogP contribution in [0.5, 0.6) is 0 Å². The SMILES string of the molecule is NC1CC(=O)Nc2c(Br)cccc21. The number of carbonyl (C=O) groups excluding carboxylic acids is 1. The van der Waals surface area contributed by atoms with E-state index in [9.17, 15) is 4.79 Å². The first-order valence-electron chi connectivity index (χ1n) is 4.02. The van der Waals surface area contributed by atoms with Crippen molar-refractivity contribution in [2.45, 2.75) is 12.5 Å². The Kier molecular flexibility index (Phi) is 2.09. The smallest absolute Gasteiger partial charge is 0.226 e. The molecule has 1 aliphatic heterocycles. The van der Waals surface area contributed by atoms with Crippen LogP contribution in [0.2, 0.25) is 0 Å². The molecule has 1 aliphatic rings. The summed E-state index contributed by atoms with van der Waals surface area (Å²) in [6.07, 6.45) is 0.365. The zero-order valence-electron chi connectivity index (χ0n) is 6.88. The van der Waals surface area contributed by atoms with E-state index < -0.39 is 0 Å². The normalized spacial score (nSPS) is 20.8. The van der Waals surface area contributed by atoms with Crippen LogP contribution in [0.1, 0.15) is 18.0 Å². The van der Waals surface area contributed by atoms with Crippen LogP contribution in [-0.2, 0) is 4.79 Å². The molecule has 0 aromatic heterocycles. The summed E-state index contributed by atoms with van der Waals surface area (Å²) in [7, 11) is 0. The molecule has 68 valence electrons. The van der Waals surface area contributed by atoms with E-state index in [1.54, 1.807) is 0 Å². The molecule has 1 unspecified atom stereocenters. The molecular formula is C9H9BrN2O. The predicted molar refractivity (Wildman–Crippen MR) is 54.3 cm³/mol. The molecule has 0 radical (unpaired) electrons. The number of nitrogens with one attached hydrogen (secondary N) is 1. The van der Waals surface area contributed by atoms with Gasteiger partial charge in [-0.3, -0.25) is 4.79 Å². The third-order valence-electron chi connectivity index (χ3n) is 2.12. The van der Waals surface area contributed by atoms with Crippen molar-refractivity contribution in [3.63, 3.8) is 0 Å². The summed E-state index contributed by atoms with van der Waals surface area (Å²) in [5, 5.41) is 2.79. The standard InChI is InChI=1S/C9H9BrN2O/c10-6-3-1-2-5-7(11)4-8(13)12-9(5)6/h1-3,7H,4,11H2,(H,12,13). The molecule has 1 amide bonds. The minimum Gasteiger partial charge on any atom is -0.325 e. The van der Waals surface area contributed by atoms with Gasteiger partial charge in [-0.25, -0.2) is 0 Å². The number of para-hydroxylation sites is 1. The van der Waals surface area contributed by atoms with E-state index in [0.717, 1.165) is 15.7 Å². The van der Waals surface area contributed by atoms with E-state index in [2.05, 4.69) is 21.2 Å². The molecule has 1 aromatic carbocycles. The number of nitrogens with two attached hydrogens (primary N) is 1. The fourth-order valence-corrected chi connectivity index (χ4v) is 1.96. The predicted octanol–water partition coefficient (Wildman–Crippen LogP) is 1.79. The lowest BCUT2D eigenvalue weighted by molar-refractivity contribution is -0.116. The van der Waals surface area contributed by atoms with E-state index in [1.165, 1.54) is 0 Å². The monoisotopic (exact) mass is 240 g/mol. The van der Waals surface area contributed by atoms with Crippen LogP contribution in [0.3, 0.4) is 0 Å². The molecular weight excluding hydrogens is 232 g/mol. The Bertz CT molecular complexity index is 365. The molecule has 0 aliphatic carbocycles. The van der Waals surface area contributed by atoms with Crippen molar-refractivity contribution < 1.29 is 4.79 Å². The van der Waals surface area contributed by atoms with E-state index >= 15 is 0 Å². The first-order chi connectivity index (χ1) is 6.18. The van der Waals surface area contributed by atoms with Gasteiger partial charge in [-0.15, -0.1) is 0 Å². The quantitative estimate of drug-likeness (QED) is 0.727. The maximum Gasteiger partial charge on any atom is 0.226 e. The van der Waals surface area contributed by atoms with Crippen molar-refractivity contribution >= 4 is 27.5 Å². The zero-order chi connectivity index (χ0) is 9.42.